The summed E-state index contributed by atoms with van der Waals surface area (Å²) >= 11 is 0.689. The summed E-state index contributed by atoms with van der Waals surface area (Å²) in [5, 5.41) is 13.0. The van der Waals surface area contributed by atoms with Gasteiger partial charge in [-0.25, -0.2) is 18.2 Å². The fourth-order valence-electron chi connectivity index (χ4n) is 2.40. The molecule has 0 saturated heterocycles. The van der Waals surface area contributed by atoms with E-state index in [0.29, 0.717) is 17.1 Å². The normalized spacial score (nSPS) is 10.9. The first kappa shape index (κ1) is 22.8. The number of anilines is 1. The molecule has 0 atom stereocenters. The number of methoxy groups -OCH3 is 1. The van der Waals surface area contributed by atoms with Crippen molar-refractivity contribution in [1.82, 2.24) is 4.98 Å². The van der Waals surface area contributed by atoms with Gasteiger partial charge in [0.25, 0.3) is 11.6 Å². The van der Waals surface area contributed by atoms with Crippen molar-refractivity contribution in [3.05, 3.63) is 70.4 Å². The van der Waals surface area contributed by atoms with E-state index in [-0.39, 0.29) is 25.5 Å². The Morgan fingerprint density at radius 2 is 1.78 bits per heavy atom. The van der Waals surface area contributed by atoms with Gasteiger partial charge in [0.2, 0.25) is 9.84 Å². The largest absolute Gasteiger partial charge is 0.497 e. The highest BCUT2D eigenvalue weighted by atomic mass is 32.2. The lowest BCUT2D eigenvalue weighted by Crippen LogP contribution is -2.20. The maximum atomic E-state index is 12.6. The van der Waals surface area contributed by atoms with Gasteiger partial charge in [-0.2, -0.15) is 0 Å². The third-order valence-electron chi connectivity index (χ3n) is 4.01. The number of nitrogens with one attached hydrogen (secondary N) is 1. The van der Waals surface area contributed by atoms with E-state index >= 15 is 0 Å². The van der Waals surface area contributed by atoms with Crippen LogP contribution in [0.1, 0.15) is 10.4 Å². The molecule has 0 aliphatic heterocycles. The fourth-order valence-corrected chi connectivity index (χ4v) is 4.85. The summed E-state index contributed by atoms with van der Waals surface area (Å²) in [6.45, 7) is -0.602. The van der Waals surface area contributed by atoms with Crippen LogP contribution in [0.2, 0.25) is 0 Å². The van der Waals surface area contributed by atoms with Crippen molar-refractivity contribution in [2.75, 3.05) is 19.0 Å². The van der Waals surface area contributed by atoms with Gasteiger partial charge in [-0.15, -0.1) is 0 Å². The summed E-state index contributed by atoms with van der Waals surface area (Å²) in [7, 11) is -2.49. The van der Waals surface area contributed by atoms with Crippen LogP contribution in [-0.4, -0.2) is 43.9 Å². The summed E-state index contributed by atoms with van der Waals surface area (Å²) in [5.41, 5.74) is -0.0188. The lowest BCUT2D eigenvalue weighted by atomic mass is 10.2. The Hall–Kier alpha value is -3.84. The topological polar surface area (TPSA) is 155 Å². The van der Waals surface area contributed by atoms with E-state index in [1.165, 1.54) is 19.2 Å². The van der Waals surface area contributed by atoms with Gasteiger partial charge in [-0.1, -0.05) is 11.3 Å². The van der Waals surface area contributed by atoms with Crippen LogP contribution in [0.3, 0.4) is 0 Å². The number of hydrogen-bond acceptors (Lipinski definition) is 10. The highest BCUT2D eigenvalue weighted by Crippen LogP contribution is 2.29. The number of hydrogen-bond donors (Lipinski definition) is 1. The first-order valence-electron chi connectivity index (χ1n) is 8.77. The average Bonchev–Trinajstić information content (AvgIpc) is 3.27. The smallest absolute Gasteiger partial charge is 0.338 e. The van der Waals surface area contributed by atoms with E-state index in [9.17, 15) is 28.1 Å². The molecule has 0 radical (unpaired) electrons. The summed E-state index contributed by atoms with van der Waals surface area (Å²) in [4.78, 5) is 37.8. The van der Waals surface area contributed by atoms with Crippen LogP contribution >= 0.6 is 11.3 Å². The van der Waals surface area contributed by atoms with Crippen LogP contribution in [0.25, 0.3) is 0 Å². The molecule has 3 rings (SSSR count). The summed E-state index contributed by atoms with van der Waals surface area (Å²) in [6, 6.07) is 10.5. The predicted molar refractivity (Wildman–Crippen MR) is 113 cm³/mol. The second kappa shape index (κ2) is 9.53. The predicted octanol–water partition coefficient (Wildman–Crippen LogP) is 2.69. The van der Waals surface area contributed by atoms with Crippen LogP contribution in [0.4, 0.5) is 10.8 Å². The van der Waals surface area contributed by atoms with E-state index in [2.05, 4.69) is 10.3 Å². The van der Waals surface area contributed by atoms with Crippen molar-refractivity contribution in [2.24, 2.45) is 0 Å². The third kappa shape index (κ3) is 5.25. The monoisotopic (exact) mass is 477 g/mol. The number of non-ortho nitro benzene ring substituents is 1. The molecule has 13 heteroatoms. The van der Waals surface area contributed by atoms with Gasteiger partial charge in [-0.3, -0.25) is 20.2 Å². The van der Waals surface area contributed by atoms with Crippen LogP contribution in [0.5, 0.6) is 5.75 Å². The Morgan fingerprint density at radius 1 is 1.12 bits per heavy atom. The highest BCUT2D eigenvalue weighted by molar-refractivity contribution is 7.93. The van der Waals surface area contributed by atoms with Crippen molar-refractivity contribution in [3.63, 3.8) is 0 Å². The number of benzene rings is 2. The van der Waals surface area contributed by atoms with E-state index in [1.54, 1.807) is 12.1 Å². The minimum absolute atomic E-state index is 0.0176. The SMILES string of the molecule is COc1ccc(C(=O)OCC(=O)Nc2ncc(S(=O)(=O)c3ccc([N+](=O)[O-])cc3)s2)cc1. The molecular weight excluding hydrogens is 462 g/mol. The molecule has 11 nitrogen and oxygen atoms in total. The van der Waals surface area contributed by atoms with Gasteiger partial charge < -0.3 is 9.47 Å². The van der Waals surface area contributed by atoms with Crippen LogP contribution in [0.15, 0.2) is 63.8 Å². The van der Waals surface area contributed by atoms with Gasteiger partial charge in [-0.05, 0) is 36.4 Å². The zero-order chi connectivity index (χ0) is 23.3. The zero-order valence-corrected chi connectivity index (χ0v) is 18.0. The van der Waals surface area contributed by atoms with Crippen molar-refractivity contribution in [3.8, 4) is 5.75 Å². The Bertz CT molecular complexity index is 1250. The second-order valence-electron chi connectivity index (χ2n) is 6.09. The summed E-state index contributed by atoms with van der Waals surface area (Å²) in [5.74, 6) is -0.869. The number of rotatable bonds is 8. The molecule has 166 valence electrons. The number of amides is 1. The molecule has 0 bridgehead atoms. The van der Waals surface area contributed by atoms with Crippen molar-refractivity contribution < 1.29 is 32.4 Å². The lowest BCUT2D eigenvalue weighted by molar-refractivity contribution is -0.384. The van der Waals surface area contributed by atoms with E-state index < -0.39 is 33.2 Å². The first-order valence-corrected chi connectivity index (χ1v) is 11.1. The van der Waals surface area contributed by atoms with E-state index in [0.717, 1.165) is 30.5 Å². The van der Waals surface area contributed by atoms with Crippen LogP contribution in [0, 0.1) is 10.1 Å². The van der Waals surface area contributed by atoms with Gasteiger partial charge in [0.05, 0.1) is 28.7 Å². The lowest BCUT2D eigenvalue weighted by Gasteiger charge is -2.05. The molecular formula is C19H15N3O8S2. The number of esters is 1. The standard InChI is InChI=1S/C19H15N3O8S2/c1-29-14-6-2-12(3-7-14)18(24)30-11-16(23)21-19-20-10-17(31-19)32(27,28)15-8-4-13(5-9-15)22(25)26/h2-10H,11H2,1H3,(H,20,21,23). The average molecular weight is 477 g/mol. The molecule has 1 heterocycles. The van der Waals surface area contributed by atoms with E-state index in [1.807, 2.05) is 0 Å². The van der Waals surface area contributed by atoms with Gasteiger partial charge >= 0.3 is 5.97 Å². The molecule has 1 aromatic heterocycles. The molecule has 3 aromatic rings. The molecule has 1 amide bonds. The number of carbonyl (C=O) groups is 2. The number of carbonyl (C=O) groups excluding carboxylic acids is 2. The number of ether oxygens (including phenoxy) is 2. The van der Waals surface area contributed by atoms with Gasteiger partial charge in [0, 0.05) is 12.1 Å². The summed E-state index contributed by atoms with van der Waals surface area (Å²) < 4.78 is 35.0. The van der Waals surface area contributed by atoms with Crippen LogP contribution < -0.4 is 10.1 Å². The van der Waals surface area contributed by atoms with Crippen molar-refractivity contribution >= 4 is 43.9 Å². The Morgan fingerprint density at radius 3 is 2.38 bits per heavy atom. The number of nitrogens with zero attached hydrogens (tertiary/aromatic N) is 2. The number of sulfone groups is 1. The number of nitro groups is 1. The van der Waals surface area contributed by atoms with Gasteiger partial charge in [0.15, 0.2) is 11.7 Å². The maximum absolute atomic E-state index is 12.6. The van der Waals surface area contributed by atoms with Gasteiger partial charge in [0.1, 0.15) is 9.96 Å². The first-order chi connectivity index (χ1) is 15.2. The number of thiazole rings is 1. The molecule has 1 N–H and O–H groups in total. The molecule has 0 aliphatic rings. The minimum Gasteiger partial charge on any atom is -0.497 e. The molecule has 32 heavy (non-hydrogen) atoms. The quantitative estimate of drug-likeness (QED) is 0.293. The Balaban J connectivity index is 1.60. The molecule has 0 aliphatic carbocycles. The maximum Gasteiger partial charge on any atom is 0.338 e. The second-order valence-corrected chi connectivity index (χ2v) is 9.30. The molecule has 0 unspecified atom stereocenters. The van der Waals surface area contributed by atoms with Crippen molar-refractivity contribution in [1.29, 1.82) is 0 Å². The van der Waals surface area contributed by atoms with Crippen LogP contribution in [-0.2, 0) is 19.4 Å². The van der Waals surface area contributed by atoms with Crippen molar-refractivity contribution in [2.45, 2.75) is 9.10 Å². The Labute approximate surface area is 185 Å². The minimum atomic E-state index is -3.98. The number of nitro benzene ring substituents is 1. The molecule has 2 aromatic carbocycles. The third-order valence-corrected chi connectivity index (χ3v) is 7.16. The van der Waals surface area contributed by atoms with E-state index in [4.69, 9.17) is 9.47 Å². The Kier molecular flexibility index (Phi) is 6.80. The summed E-state index contributed by atoms with van der Waals surface area (Å²) in [6.07, 6.45) is 1.06. The number of aromatic nitrogens is 1. The fraction of sp³-hybridized carbons (Fsp3) is 0.105. The highest BCUT2D eigenvalue weighted by Gasteiger charge is 2.22. The molecule has 0 fully saturated rings. The molecule has 0 saturated carbocycles. The zero-order valence-electron chi connectivity index (χ0n) is 16.4. The molecule has 0 spiro atoms.